The van der Waals surface area contributed by atoms with Crippen molar-refractivity contribution in [2.45, 2.75) is 6.92 Å². The third kappa shape index (κ3) is 4.57. The fraction of sp³-hybridized carbons (Fsp3) is 0.200. The number of amides is 2. The lowest BCUT2D eigenvalue weighted by atomic mass is 10.1. The molecule has 9 heteroatoms. The summed E-state index contributed by atoms with van der Waals surface area (Å²) in [6, 6.07) is 10.1. The summed E-state index contributed by atoms with van der Waals surface area (Å²) < 4.78 is 15.2. The van der Waals surface area contributed by atoms with Gasteiger partial charge in [-0.25, -0.2) is 4.79 Å². The van der Waals surface area contributed by atoms with Crippen molar-refractivity contribution < 1.29 is 33.1 Å². The van der Waals surface area contributed by atoms with E-state index in [0.717, 1.165) is 22.2 Å². The van der Waals surface area contributed by atoms with Crippen LogP contribution in [0.4, 0.5) is 4.79 Å². The normalized spacial score (nSPS) is 15.1. The van der Waals surface area contributed by atoms with E-state index >= 15 is 0 Å². The number of methoxy groups -OCH3 is 1. The summed E-state index contributed by atoms with van der Waals surface area (Å²) in [6.07, 6.45) is 1.44. The van der Waals surface area contributed by atoms with Gasteiger partial charge in [-0.1, -0.05) is 12.1 Å². The van der Waals surface area contributed by atoms with Gasteiger partial charge in [0.2, 0.25) is 0 Å². The van der Waals surface area contributed by atoms with Crippen molar-refractivity contribution in [3.63, 3.8) is 0 Å². The molecule has 2 heterocycles. The largest absolute Gasteiger partial charge is 0.468 e. The third-order valence-electron chi connectivity index (χ3n) is 3.97. The van der Waals surface area contributed by atoms with E-state index in [-0.39, 0.29) is 4.91 Å². The topological polar surface area (TPSA) is 103 Å². The number of hydrogen-bond acceptors (Lipinski definition) is 8. The Labute approximate surface area is 170 Å². The molecule has 2 amide bonds. The van der Waals surface area contributed by atoms with Crippen molar-refractivity contribution in [3.8, 4) is 11.3 Å². The molecule has 150 valence electrons. The van der Waals surface area contributed by atoms with Crippen LogP contribution in [0, 0.1) is 0 Å². The fourth-order valence-corrected chi connectivity index (χ4v) is 3.35. The molecule has 1 saturated heterocycles. The van der Waals surface area contributed by atoms with Crippen LogP contribution in [-0.4, -0.2) is 48.2 Å². The van der Waals surface area contributed by atoms with Gasteiger partial charge in [-0.05, 0) is 43.0 Å². The first-order valence-corrected chi connectivity index (χ1v) is 9.44. The predicted octanol–water partition coefficient (Wildman–Crippen LogP) is 3.33. The molecule has 1 fully saturated rings. The molecule has 0 saturated carbocycles. The van der Waals surface area contributed by atoms with Crippen LogP contribution in [0.1, 0.15) is 23.0 Å². The summed E-state index contributed by atoms with van der Waals surface area (Å²) in [4.78, 5) is 48.3. The van der Waals surface area contributed by atoms with E-state index in [1.54, 1.807) is 43.3 Å². The number of imide groups is 1. The number of furan rings is 1. The number of ether oxygens (including phenoxy) is 2. The Hall–Kier alpha value is -3.33. The van der Waals surface area contributed by atoms with Crippen LogP contribution >= 0.6 is 11.8 Å². The maximum absolute atomic E-state index is 12.3. The molecular formula is C20H17NO7S. The molecule has 0 spiro atoms. The van der Waals surface area contributed by atoms with Gasteiger partial charge in [0.25, 0.3) is 11.1 Å². The lowest BCUT2D eigenvalue weighted by Gasteiger charge is -2.09. The summed E-state index contributed by atoms with van der Waals surface area (Å²) in [5, 5.41) is -0.548. The third-order valence-corrected chi connectivity index (χ3v) is 4.88. The van der Waals surface area contributed by atoms with Gasteiger partial charge in [-0.2, -0.15) is 0 Å². The van der Waals surface area contributed by atoms with Gasteiger partial charge < -0.3 is 13.9 Å². The molecule has 29 heavy (non-hydrogen) atoms. The summed E-state index contributed by atoms with van der Waals surface area (Å²) in [5.74, 6) is -0.761. The summed E-state index contributed by atoms with van der Waals surface area (Å²) in [7, 11) is 1.18. The highest BCUT2D eigenvalue weighted by molar-refractivity contribution is 8.18. The van der Waals surface area contributed by atoms with E-state index in [9.17, 15) is 19.2 Å². The molecule has 0 radical (unpaired) electrons. The number of thioether (sulfide) groups is 1. The molecule has 0 N–H and O–H groups in total. The Morgan fingerprint density at radius 2 is 1.86 bits per heavy atom. The van der Waals surface area contributed by atoms with Gasteiger partial charge >= 0.3 is 11.9 Å². The van der Waals surface area contributed by atoms with Crippen molar-refractivity contribution in [1.29, 1.82) is 0 Å². The number of benzene rings is 1. The SMILES string of the molecule is CCOC(=O)c1ccc(-c2ccc(/C=C3/SC(=O)N(CC(=O)OC)C3=O)o2)cc1. The molecule has 1 aromatic carbocycles. The number of carbonyl (C=O) groups is 4. The van der Waals surface area contributed by atoms with Gasteiger partial charge in [0, 0.05) is 11.6 Å². The Bertz CT molecular complexity index is 991. The molecule has 2 aromatic rings. The van der Waals surface area contributed by atoms with Crippen LogP contribution in [0.3, 0.4) is 0 Å². The fourth-order valence-electron chi connectivity index (χ4n) is 2.53. The minimum atomic E-state index is -0.680. The van der Waals surface area contributed by atoms with Crippen molar-refractivity contribution in [1.82, 2.24) is 4.90 Å². The van der Waals surface area contributed by atoms with Crippen molar-refractivity contribution in [2.75, 3.05) is 20.3 Å². The van der Waals surface area contributed by atoms with Gasteiger partial charge in [-0.15, -0.1) is 0 Å². The van der Waals surface area contributed by atoms with Crippen LogP contribution in [0.25, 0.3) is 17.4 Å². The number of nitrogens with zero attached hydrogens (tertiary/aromatic N) is 1. The van der Waals surface area contributed by atoms with Crippen LogP contribution in [0.15, 0.2) is 45.7 Å². The lowest BCUT2D eigenvalue weighted by molar-refractivity contribution is -0.143. The van der Waals surface area contributed by atoms with E-state index in [2.05, 4.69) is 4.74 Å². The second-order valence-corrected chi connectivity index (χ2v) is 6.84. The van der Waals surface area contributed by atoms with E-state index in [0.29, 0.717) is 23.7 Å². The molecule has 1 aromatic heterocycles. The van der Waals surface area contributed by atoms with Gasteiger partial charge in [0.05, 0.1) is 24.2 Å². The first kappa shape index (κ1) is 20.4. The highest BCUT2D eigenvalue weighted by Gasteiger charge is 2.36. The maximum atomic E-state index is 12.3. The van der Waals surface area contributed by atoms with Crippen LogP contribution in [-0.2, 0) is 19.1 Å². The first-order chi connectivity index (χ1) is 13.9. The first-order valence-electron chi connectivity index (χ1n) is 8.62. The highest BCUT2D eigenvalue weighted by atomic mass is 32.2. The van der Waals surface area contributed by atoms with Crippen molar-refractivity contribution in [3.05, 3.63) is 52.6 Å². The van der Waals surface area contributed by atoms with E-state index in [1.165, 1.54) is 13.2 Å². The molecular weight excluding hydrogens is 398 g/mol. The summed E-state index contributed by atoms with van der Waals surface area (Å²) in [6.45, 7) is 1.60. The zero-order valence-corrected chi connectivity index (χ0v) is 16.5. The summed E-state index contributed by atoms with van der Waals surface area (Å²) in [5.41, 5.74) is 1.16. The number of hydrogen-bond donors (Lipinski definition) is 0. The standard InChI is InChI=1S/C20H17NO7S/c1-3-27-19(24)13-6-4-12(5-7-13)15-9-8-14(28-15)10-16-18(23)21(20(25)29-16)11-17(22)26-2/h4-10H,3,11H2,1-2H3/b16-10+. The Balaban J connectivity index is 1.75. The Morgan fingerprint density at radius 1 is 1.14 bits per heavy atom. The molecule has 1 aliphatic rings. The van der Waals surface area contributed by atoms with Gasteiger partial charge in [-0.3, -0.25) is 19.3 Å². The second-order valence-electron chi connectivity index (χ2n) is 5.84. The number of esters is 2. The van der Waals surface area contributed by atoms with Crippen LogP contribution in [0.2, 0.25) is 0 Å². The number of carbonyl (C=O) groups excluding carboxylic acids is 4. The summed E-state index contributed by atoms with van der Waals surface area (Å²) >= 11 is 0.723. The van der Waals surface area contributed by atoms with Crippen LogP contribution < -0.4 is 0 Å². The van der Waals surface area contributed by atoms with Gasteiger partial charge in [0.15, 0.2) is 0 Å². The van der Waals surface area contributed by atoms with E-state index in [4.69, 9.17) is 9.15 Å². The average molecular weight is 415 g/mol. The molecule has 0 atom stereocenters. The van der Waals surface area contributed by atoms with E-state index < -0.39 is 29.6 Å². The quantitative estimate of drug-likeness (QED) is 0.523. The minimum Gasteiger partial charge on any atom is -0.468 e. The monoisotopic (exact) mass is 415 g/mol. The van der Waals surface area contributed by atoms with Crippen LogP contribution in [0.5, 0.6) is 0 Å². The smallest absolute Gasteiger partial charge is 0.338 e. The van der Waals surface area contributed by atoms with Crippen molar-refractivity contribution in [2.24, 2.45) is 0 Å². The van der Waals surface area contributed by atoms with Gasteiger partial charge in [0.1, 0.15) is 18.1 Å². The predicted molar refractivity (Wildman–Crippen MR) is 105 cm³/mol. The molecule has 1 aliphatic heterocycles. The molecule has 0 unspecified atom stereocenters. The molecule has 0 bridgehead atoms. The Morgan fingerprint density at radius 3 is 2.52 bits per heavy atom. The maximum Gasteiger partial charge on any atom is 0.338 e. The number of rotatable bonds is 6. The molecule has 8 nitrogen and oxygen atoms in total. The zero-order valence-electron chi connectivity index (χ0n) is 15.7. The Kier molecular flexibility index (Phi) is 6.18. The minimum absolute atomic E-state index is 0.150. The van der Waals surface area contributed by atoms with Crippen molar-refractivity contribution >= 4 is 40.9 Å². The molecule has 0 aliphatic carbocycles. The lowest BCUT2D eigenvalue weighted by Crippen LogP contribution is -2.34. The van der Waals surface area contributed by atoms with E-state index in [1.807, 2.05) is 0 Å². The second kappa shape index (κ2) is 8.78. The zero-order chi connectivity index (χ0) is 21.0. The highest BCUT2D eigenvalue weighted by Crippen LogP contribution is 2.33. The average Bonchev–Trinajstić information content (AvgIpc) is 3.28. The molecule has 3 rings (SSSR count).